The summed E-state index contributed by atoms with van der Waals surface area (Å²) in [6, 6.07) is 1.63. The molecule has 2 rings (SSSR count). The van der Waals surface area contributed by atoms with E-state index in [1.54, 1.807) is 0 Å². The van der Waals surface area contributed by atoms with Crippen LogP contribution in [0.15, 0.2) is 17.0 Å². The summed E-state index contributed by atoms with van der Waals surface area (Å²) in [5, 5.41) is 3.21. The number of piperidine rings is 1. The Kier molecular flexibility index (Phi) is 4.65. The van der Waals surface area contributed by atoms with Crippen molar-refractivity contribution in [3.63, 3.8) is 0 Å². The predicted octanol–water partition coefficient (Wildman–Crippen LogP) is 1.94. The molecule has 1 aromatic rings. The highest BCUT2D eigenvalue weighted by molar-refractivity contribution is 7.89. The molecule has 2 N–H and O–H groups in total. The standard InChI is InChI=1S/C14H20F2N2O2S/c1-10-7-13(12(16)8-11(10)15)21(19,20)18-9-14(2)3-5-17-6-4-14/h7-8,17-18H,3-6,9H2,1-2H3. The Morgan fingerprint density at radius 1 is 1.24 bits per heavy atom. The van der Waals surface area contributed by atoms with Crippen molar-refractivity contribution in [1.29, 1.82) is 0 Å². The molecule has 1 aliphatic rings. The van der Waals surface area contributed by atoms with Crippen LogP contribution in [0, 0.1) is 24.0 Å². The van der Waals surface area contributed by atoms with E-state index < -0.39 is 26.6 Å². The summed E-state index contributed by atoms with van der Waals surface area (Å²) in [4.78, 5) is -0.501. The number of halogens is 2. The van der Waals surface area contributed by atoms with E-state index in [-0.39, 0.29) is 17.5 Å². The lowest BCUT2D eigenvalue weighted by Gasteiger charge is -2.34. The Labute approximate surface area is 124 Å². The van der Waals surface area contributed by atoms with E-state index in [0.29, 0.717) is 6.07 Å². The number of sulfonamides is 1. The van der Waals surface area contributed by atoms with Crippen LogP contribution in [-0.4, -0.2) is 28.1 Å². The normalized spacial score (nSPS) is 18.7. The van der Waals surface area contributed by atoms with E-state index in [1.807, 2.05) is 6.92 Å². The maximum Gasteiger partial charge on any atom is 0.243 e. The topological polar surface area (TPSA) is 58.2 Å². The van der Waals surface area contributed by atoms with Gasteiger partial charge >= 0.3 is 0 Å². The Bertz CT molecular complexity index is 626. The number of hydrogen-bond donors (Lipinski definition) is 2. The van der Waals surface area contributed by atoms with Gasteiger partial charge in [-0.3, -0.25) is 0 Å². The molecule has 1 saturated heterocycles. The number of hydrogen-bond acceptors (Lipinski definition) is 3. The van der Waals surface area contributed by atoms with E-state index in [4.69, 9.17) is 0 Å². The number of benzene rings is 1. The first kappa shape index (κ1) is 16.3. The molecular weight excluding hydrogens is 298 g/mol. The minimum absolute atomic E-state index is 0.102. The van der Waals surface area contributed by atoms with Gasteiger partial charge in [0.2, 0.25) is 10.0 Å². The molecule has 1 aliphatic heterocycles. The maximum atomic E-state index is 13.7. The van der Waals surface area contributed by atoms with E-state index in [1.165, 1.54) is 6.92 Å². The van der Waals surface area contributed by atoms with Crippen molar-refractivity contribution in [2.24, 2.45) is 5.41 Å². The van der Waals surface area contributed by atoms with E-state index >= 15 is 0 Å². The van der Waals surface area contributed by atoms with Crippen molar-refractivity contribution in [1.82, 2.24) is 10.0 Å². The Balaban J connectivity index is 2.17. The van der Waals surface area contributed by atoms with Crippen molar-refractivity contribution in [3.05, 3.63) is 29.3 Å². The average molecular weight is 318 g/mol. The van der Waals surface area contributed by atoms with Gasteiger partial charge in [-0.15, -0.1) is 0 Å². The summed E-state index contributed by atoms with van der Waals surface area (Å²) in [6.07, 6.45) is 1.70. The molecule has 0 amide bonds. The van der Waals surface area contributed by atoms with Gasteiger partial charge in [-0.1, -0.05) is 6.92 Å². The molecule has 0 unspecified atom stereocenters. The number of aryl methyl sites for hydroxylation is 1. The molecule has 0 radical (unpaired) electrons. The largest absolute Gasteiger partial charge is 0.317 e. The molecule has 0 saturated carbocycles. The molecule has 0 bridgehead atoms. The Hall–Kier alpha value is -1.05. The minimum atomic E-state index is -3.98. The van der Waals surface area contributed by atoms with Gasteiger partial charge < -0.3 is 5.32 Å². The molecule has 4 nitrogen and oxygen atoms in total. The van der Waals surface area contributed by atoms with E-state index in [0.717, 1.165) is 32.0 Å². The van der Waals surface area contributed by atoms with Crippen LogP contribution in [-0.2, 0) is 10.0 Å². The van der Waals surface area contributed by atoms with Crippen molar-refractivity contribution in [3.8, 4) is 0 Å². The van der Waals surface area contributed by atoms with Gasteiger partial charge in [0.05, 0.1) is 0 Å². The Morgan fingerprint density at radius 2 is 1.86 bits per heavy atom. The summed E-state index contributed by atoms with van der Waals surface area (Å²) in [6.45, 7) is 5.32. The van der Waals surface area contributed by atoms with Crippen LogP contribution in [0.25, 0.3) is 0 Å². The first-order valence-corrected chi connectivity index (χ1v) is 8.38. The lowest BCUT2D eigenvalue weighted by Crippen LogP contribution is -2.43. The third-order valence-corrected chi connectivity index (χ3v) is 5.42. The molecule has 21 heavy (non-hydrogen) atoms. The smallest absolute Gasteiger partial charge is 0.243 e. The van der Waals surface area contributed by atoms with E-state index in [2.05, 4.69) is 10.0 Å². The zero-order valence-electron chi connectivity index (χ0n) is 12.2. The second kappa shape index (κ2) is 5.98. The van der Waals surface area contributed by atoms with Crippen LogP contribution in [0.5, 0.6) is 0 Å². The van der Waals surface area contributed by atoms with Crippen LogP contribution >= 0.6 is 0 Å². The summed E-state index contributed by atoms with van der Waals surface area (Å²) in [7, 11) is -3.98. The molecular formula is C14H20F2N2O2S. The average Bonchev–Trinajstić information content (AvgIpc) is 2.42. The molecule has 1 heterocycles. The van der Waals surface area contributed by atoms with E-state index in [9.17, 15) is 17.2 Å². The second-order valence-corrected chi connectivity index (χ2v) is 7.65. The SMILES string of the molecule is Cc1cc(S(=O)(=O)NCC2(C)CCNCC2)c(F)cc1F. The van der Waals surface area contributed by atoms with Gasteiger partial charge in [0, 0.05) is 12.6 Å². The molecule has 118 valence electrons. The predicted molar refractivity (Wildman–Crippen MR) is 76.5 cm³/mol. The Morgan fingerprint density at radius 3 is 2.48 bits per heavy atom. The van der Waals surface area contributed by atoms with Crippen LogP contribution < -0.4 is 10.0 Å². The van der Waals surface area contributed by atoms with Gasteiger partial charge in [0.15, 0.2) is 0 Å². The van der Waals surface area contributed by atoms with Crippen LogP contribution in [0.2, 0.25) is 0 Å². The van der Waals surface area contributed by atoms with Crippen molar-refractivity contribution in [2.45, 2.75) is 31.6 Å². The van der Waals surface area contributed by atoms with Gasteiger partial charge in [-0.25, -0.2) is 21.9 Å². The molecule has 0 spiro atoms. The molecule has 0 aliphatic carbocycles. The zero-order chi connectivity index (χ0) is 15.7. The van der Waals surface area contributed by atoms with Gasteiger partial charge in [-0.2, -0.15) is 0 Å². The first-order valence-electron chi connectivity index (χ1n) is 6.90. The quantitative estimate of drug-likeness (QED) is 0.892. The lowest BCUT2D eigenvalue weighted by atomic mass is 9.81. The minimum Gasteiger partial charge on any atom is -0.317 e. The van der Waals surface area contributed by atoms with Crippen LogP contribution in [0.1, 0.15) is 25.3 Å². The molecule has 1 fully saturated rings. The van der Waals surface area contributed by atoms with Crippen molar-refractivity contribution < 1.29 is 17.2 Å². The summed E-state index contributed by atoms with van der Waals surface area (Å²) in [5.74, 6) is -1.82. The second-order valence-electron chi connectivity index (χ2n) is 5.92. The van der Waals surface area contributed by atoms with Crippen molar-refractivity contribution >= 4 is 10.0 Å². The highest BCUT2D eigenvalue weighted by Gasteiger charge is 2.29. The van der Waals surface area contributed by atoms with Gasteiger partial charge in [0.25, 0.3) is 0 Å². The fourth-order valence-electron chi connectivity index (χ4n) is 2.39. The van der Waals surface area contributed by atoms with Gasteiger partial charge in [0.1, 0.15) is 16.5 Å². The highest BCUT2D eigenvalue weighted by Crippen LogP contribution is 2.28. The molecule has 7 heteroatoms. The third kappa shape index (κ3) is 3.78. The summed E-state index contributed by atoms with van der Waals surface area (Å²) in [5.41, 5.74) is -0.0472. The molecule has 0 atom stereocenters. The number of nitrogens with one attached hydrogen (secondary N) is 2. The summed E-state index contributed by atoms with van der Waals surface area (Å²) < 4.78 is 53.8. The monoisotopic (exact) mass is 318 g/mol. The summed E-state index contributed by atoms with van der Waals surface area (Å²) >= 11 is 0. The lowest BCUT2D eigenvalue weighted by molar-refractivity contribution is 0.232. The molecule has 1 aromatic carbocycles. The van der Waals surface area contributed by atoms with Gasteiger partial charge in [-0.05, 0) is 49.9 Å². The third-order valence-electron chi connectivity index (χ3n) is 4.00. The van der Waals surface area contributed by atoms with Crippen molar-refractivity contribution in [2.75, 3.05) is 19.6 Å². The fraction of sp³-hybridized carbons (Fsp3) is 0.571. The fourth-order valence-corrected chi connectivity index (χ4v) is 3.73. The highest BCUT2D eigenvalue weighted by atomic mass is 32.2. The van der Waals surface area contributed by atoms with Crippen LogP contribution in [0.4, 0.5) is 8.78 Å². The zero-order valence-corrected chi connectivity index (χ0v) is 13.0. The maximum absolute atomic E-state index is 13.7. The number of rotatable bonds is 4. The molecule has 0 aromatic heterocycles. The first-order chi connectivity index (χ1) is 9.73. The van der Waals surface area contributed by atoms with Crippen LogP contribution in [0.3, 0.4) is 0 Å².